The maximum Gasteiger partial charge on any atom is 0.178 e. The third kappa shape index (κ3) is 3.18. The molecule has 0 aromatic carbocycles. The standard InChI is InChI=1S/C26H38N2O3S/c1-15-4-6-18-16(10-15)5-7-20-19(18)8-9-26(2)24(20)21-11-22(21)25(26)23(29)14-28-13-17(12-27-28)32(3,30)31/h12-13,15-16,18-22,24-25H,4-11,14H2,1-3H3/t15-,16+,18-,19+,20+,21+,22-,24+,25+,26-/m0/s1. The number of carbonyl (C=O) groups is 1. The lowest BCUT2D eigenvalue weighted by atomic mass is 9.48. The van der Waals surface area contributed by atoms with Gasteiger partial charge in [0, 0.05) is 18.4 Å². The first-order valence-corrected chi connectivity index (χ1v) is 14.8. The van der Waals surface area contributed by atoms with Gasteiger partial charge in [0.05, 0.1) is 12.7 Å². The lowest BCUT2D eigenvalue weighted by Gasteiger charge is -2.57. The van der Waals surface area contributed by atoms with Crippen molar-refractivity contribution in [2.45, 2.75) is 76.7 Å². The fourth-order valence-electron chi connectivity index (χ4n) is 9.54. The van der Waals surface area contributed by atoms with Crippen molar-refractivity contribution in [1.29, 1.82) is 0 Å². The number of hydrogen-bond donors (Lipinski definition) is 0. The summed E-state index contributed by atoms with van der Waals surface area (Å²) in [6.45, 7) is 5.09. The first-order valence-electron chi connectivity index (χ1n) is 12.9. The largest absolute Gasteiger partial charge is 0.297 e. The highest BCUT2D eigenvalue weighted by Gasteiger charge is 2.70. The number of aromatic nitrogens is 2. The molecule has 0 N–H and O–H groups in total. The number of sulfone groups is 1. The van der Waals surface area contributed by atoms with Crippen molar-refractivity contribution >= 4 is 15.6 Å². The molecule has 32 heavy (non-hydrogen) atoms. The van der Waals surface area contributed by atoms with Crippen LogP contribution in [0.3, 0.4) is 0 Å². The molecule has 0 bridgehead atoms. The van der Waals surface area contributed by atoms with Crippen molar-refractivity contribution < 1.29 is 13.2 Å². The molecule has 10 atom stereocenters. The Morgan fingerprint density at radius 1 is 1.06 bits per heavy atom. The first-order chi connectivity index (χ1) is 15.2. The van der Waals surface area contributed by atoms with Gasteiger partial charge in [-0.2, -0.15) is 5.10 Å². The van der Waals surface area contributed by atoms with Gasteiger partial charge in [-0.1, -0.05) is 20.3 Å². The van der Waals surface area contributed by atoms with E-state index >= 15 is 0 Å². The Bertz CT molecular complexity index is 1030. The van der Waals surface area contributed by atoms with Gasteiger partial charge >= 0.3 is 0 Å². The highest BCUT2D eigenvalue weighted by atomic mass is 32.2. The second kappa shape index (κ2) is 7.16. The van der Waals surface area contributed by atoms with Crippen LogP contribution in [0.25, 0.3) is 0 Å². The minimum Gasteiger partial charge on any atom is -0.297 e. The van der Waals surface area contributed by atoms with Crippen LogP contribution >= 0.6 is 0 Å². The molecule has 0 spiro atoms. The Labute approximate surface area is 192 Å². The van der Waals surface area contributed by atoms with Crippen LogP contribution in [0, 0.1) is 58.7 Å². The number of hydrogen-bond acceptors (Lipinski definition) is 4. The Kier molecular flexibility index (Phi) is 4.78. The SMILES string of the molecule is C[C@H]1CC[C@H]2[C@H](CC[C@@H]3[C@@H]2CC[C@@]2(C)[C@H]3[C@@H]3C[C@@H]3[C@@H]2C(=O)Cn2cc(S(C)(=O)=O)cn2)C1. The van der Waals surface area contributed by atoms with Crippen LogP contribution in [0.15, 0.2) is 17.3 Å². The van der Waals surface area contributed by atoms with Gasteiger partial charge in [0.1, 0.15) is 4.90 Å². The van der Waals surface area contributed by atoms with Crippen molar-refractivity contribution in [2.75, 3.05) is 6.26 Å². The van der Waals surface area contributed by atoms with E-state index in [-0.39, 0.29) is 28.6 Å². The van der Waals surface area contributed by atoms with Gasteiger partial charge in [0.25, 0.3) is 0 Å². The van der Waals surface area contributed by atoms with Crippen LogP contribution < -0.4 is 0 Å². The predicted octanol–water partition coefficient (Wildman–Crippen LogP) is 4.62. The summed E-state index contributed by atoms with van der Waals surface area (Å²) < 4.78 is 25.1. The second-order valence-corrected chi connectivity index (χ2v) is 14.5. The summed E-state index contributed by atoms with van der Waals surface area (Å²) in [6, 6.07) is 0. The number of nitrogens with zero attached hydrogens (tertiary/aromatic N) is 2. The molecule has 6 heteroatoms. The molecule has 5 fully saturated rings. The molecule has 0 unspecified atom stereocenters. The maximum absolute atomic E-state index is 13.6. The lowest BCUT2D eigenvalue weighted by molar-refractivity contribution is -0.134. The van der Waals surface area contributed by atoms with Gasteiger partial charge in [-0.25, -0.2) is 8.42 Å². The fourth-order valence-corrected chi connectivity index (χ4v) is 10.1. The topological polar surface area (TPSA) is 69.0 Å². The highest BCUT2D eigenvalue weighted by Crippen LogP contribution is 2.74. The number of rotatable bonds is 4. The molecule has 5 aliphatic carbocycles. The summed E-state index contributed by atoms with van der Waals surface area (Å²) in [6.07, 6.45) is 14.9. The molecule has 5 nitrogen and oxygen atoms in total. The summed E-state index contributed by atoms with van der Waals surface area (Å²) in [5, 5.41) is 4.19. The van der Waals surface area contributed by atoms with Crippen molar-refractivity contribution in [3.8, 4) is 0 Å². The first kappa shape index (κ1) is 21.4. The van der Waals surface area contributed by atoms with Crippen molar-refractivity contribution in [2.24, 2.45) is 58.7 Å². The van der Waals surface area contributed by atoms with E-state index in [1.54, 1.807) is 4.68 Å². The van der Waals surface area contributed by atoms with Gasteiger partial charge < -0.3 is 0 Å². The second-order valence-electron chi connectivity index (χ2n) is 12.5. The molecular formula is C26H38N2O3S. The zero-order valence-electron chi connectivity index (χ0n) is 19.7. The number of ketones is 1. The van der Waals surface area contributed by atoms with E-state index in [9.17, 15) is 13.2 Å². The van der Waals surface area contributed by atoms with Crippen molar-refractivity contribution in [1.82, 2.24) is 9.78 Å². The molecule has 1 heterocycles. The van der Waals surface area contributed by atoms with Gasteiger partial charge in [0.2, 0.25) is 0 Å². The Balaban J connectivity index is 1.22. The van der Waals surface area contributed by atoms with Crippen LogP contribution in [-0.4, -0.2) is 30.2 Å². The van der Waals surface area contributed by atoms with E-state index in [2.05, 4.69) is 18.9 Å². The number of Topliss-reactive ketones (excluding diaryl/α,β-unsaturated/α-hetero) is 1. The van der Waals surface area contributed by atoms with E-state index in [1.165, 1.54) is 70.0 Å². The van der Waals surface area contributed by atoms with Gasteiger partial charge in [-0.05, 0) is 97.7 Å². The average molecular weight is 459 g/mol. The minimum absolute atomic E-state index is 0.132. The van der Waals surface area contributed by atoms with Gasteiger partial charge in [-0.15, -0.1) is 0 Å². The molecule has 5 saturated carbocycles. The monoisotopic (exact) mass is 458 g/mol. The fraction of sp³-hybridized carbons (Fsp3) is 0.846. The van der Waals surface area contributed by atoms with Crippen LogP contribution in [0.1, 0.15) is 65.2 Å². The third-order valence-corrected chi connectivity index (χ3v) is 11.8. The van der Waals surface area contributed by atoms with E-state index < -0.39 is 9.84 Å². The molecule has 0 aliphatic heterocycles. The van der Waals surface area contributed by atoms with Crippen molar-refractivity contribution in [3.05, 3.63) is 12.4 Å². The third-order valence-electron chi connectivity index (χ3n) is 10.7. The van der Waals surface area contributed by atoms with Crippen LogP contribution in [0.4, 0.5) is 0 Å². The quantitative estimate of drug-likeness (QED) is 0.660. The van der Waals surface area contributed by atoms with Crippen LogP contribution in [-0.2, 0) is 21.2 Å². The summed E-state index contributed by atoms with van der Waals surface area (Å²) in [7, 11) is -3.29. The molecule has 0 radical (unpaired) electrons. The zero-order chi connectivity index (χ0) is 22.4. The van der Waals surface area contributed by atoms with Gasteiger partial charge in [0.15, 0.2) is 15.6 Å². The predicted molar refractivity (Wildman–Crippen MR) is 122 cm³/mol. The van der Waals surface area contributed by atoms with E-state index in [4.69, 9.17) is 0 Å². The molecule has 5 aliphatic rings. The summed E-state index contributed by atoms with van der Waals surface area (Å²) in [4.78, 5) is 13.8. The normalized spacial score (nSPS) is 47.2. The molecule has 1 aromatic rings. The van der Waals surface area contributed by atoms with E-state index in [0.29, 0.717) is 5.92 Å². The molecule has 0 amide bonds. The zero-order valence-corrected chi connectivity index (χ0v) is 20.6. The molecule has 6 rings (SSSR count). The maximum atomic E-state index is 13.6. The molecule has 176 valence electrons. The Hall–Kier alpha value is -1.17. The average Bonchev–Trinajstić information content (AvgIpc) is 3.20. The lowest BCUT2D eigenvalue weighted by Crippen LogP contribution is -2.51. The Morgan fingerprint density at radius 3 is 2.59 bits per heavy atom. The number of carbonyl (C=O) groups excluding carboxylic acids is 1. The highest BCUT2D eigenvalue weighted by molar-refractivity contribution is 7.90. The van der Waals surface area contributed by atoms with E-state index in [0.717, 1.165) is 41.4 Å². The molecular weight excluding hydrogens is 420 g/mol. The minimum atomic E-state index is -3.29. The summed E-state index contributed by atoms with van der Waals surface area (Å²) >= 11 is 0. The number of fused-ring (bicyclic) bond motifs is 7. The smallest absolute Gasteiger partial charge is 0.178 e. The Morgan fingerprint density at radius 2 is 1.84 bits per heavy atom. The summed E-state index contributed by atoms with van der Waals surface area (Å²) in [5.74, 6) is 7.00. The van der Waals surface area contributed by atoms with Crippen LogP contribution in [0.2, 0.25) is 0 Å². The van der Waals surface area contributed by atoms with Crippen molar-refractivity contribution in [3.63, 3.8) is 0 Å². The molecule has 0 saturated heterocycles. The summed E-state index contributed by atoms with van der Waals surface area (Å²) in [5.41, 5.74) is 0.132. The molecule has 1 aromatic heterocycles. The van der Waals surface area contributed by atoms with Gasteiger partial charge in [-0.3, -0.25) is 9.48 Å². The van der Waals surface area contributed by atoms with Crippen LogP contribution in [0.5, 0.6) is 0 Å². The van der Waals surface area contributed by atoms with E-state index in [1.807, 2.05) is 0 Å².